The van der Waals surface area contributed by atoms with E-state index in [1.165, 1.54) is 0 Å². The van der Waals surface area contributed by atoms with Gasteiger partial charge in [0.25, 0.3) is 0 Å². The normalized spacial score (nSPS) is 15.5. The van der Waals surface area contributed by atoms with Gasteiger partial charge in [0.2, 0.25) is 5.88 Å². The predicted molar refractivity (Wildman–Crippen MR) is 114 cm³/mol. The van der Waals surface area contributed by atoms with Gasteiger partial charge in [0.15, 0.2) is 5.75 Å². The first kappa shape index (κ1) is 17.4. The molecule has 0 radical (unpaired) electrons. The zero-order valence-corrected chi connectivity index (χ0v) is 16.1. The quantitative estimate of drug-likeness (QED) is 0.467. The van der Waals surface area contributed by atoms with Crippen molar-refractivity contribution in [2.75, 3.05) is 0 Å². The van der Waals surface area contributed by atoms with Gasteiger partial charge in [0.1, 0.15) is 23.1 Å². The third kappa shape index (κ3) is 3.00. The molecule has 0 amide bonds. The summed E-state index contributed by atoms with van der Waals surface area (Å²) in [5.41, 5.74) is 7.51. The van der Waals surface area contributed by atoms with Crippen LogP contribution in [0.3, 0.4) is 0 Å². The first-order valence-corrected chi connectivity index (χ1v) is 9.98. The van der Waals surface area contributed by atoms with Crippen LogP contribution in [0.2, 0.25) is 0 Å². The molecule has 140 valence electrons. The molecule has 4 aromatic rings. The molecule has 5 heteroatoms. The molecule has 0 spiro atoms. The Labute approximate surface area is 172 Å². The number of ether oxygens (including phenoxy) is 2. The Bertz CT molecular complexity index is 1290. The van der Waals surface area contributed by atoms with Crippen LogP contribution in [0.15, 0.2) is 90.3 Å². The lowest BCUT2D eigenvalue weighted by Gasteiger charge is -2.24. The van der Waals surface area contributed by atoms with E-state index in [1.54, 1.807) is 11.3 Å². The molecule has 0 saturated heterocycles. The maximum absolute atomic E-state index is 9.80. The second-order valence-electron chi connectivity index (χ2n) is 6.70. The van der Waals surface area contributed by atoms with E-state index in [9.17, 15) is 5.26 Å². The van der Waals surface area contributed by atoms with Crippen molar-refractivity contribution in [2.45, 2.75) is 5.92 Å². The van der Waals surface area contributed by atoms with Crippen LogP contribution in [-0.4, -0.2) is 0 Å². The lowest BCUT2D eigenvalue weighted by molar-refractivity contribution is 0.401. The molecule has 0 aliphatic carbocycles. The van der Waals surface area contributed by atoms with Crippen LogP contribution in [0.1, 0.15) is 16.4 Å². The van der Waals surface area contributed by atoms with Crippen molar-refractivity contribution in [3.63, 3.8) is 0 Å². The number of nitrogens with two attached hydrogens (primary N) is 1. The van der Waals surface area contributed by atoms with Crippen LogP contribution in [0.5, 0.6) is 17.2 Å². The number of para-hydroxylation sites is 1. The fourth-order valence-electron chi connectivity index (χ4n) is 3.59. The maximum atomic E-state index is 9.80. The van der Waals surface area contributed by atoms with E-state index in [2.05, 4.69) is 12.1 Å². The Morgan fingerprint density at radius 2 is 1.69 bits per heavy atom. The number of rotatable bonds is 3. The van der Waals surface area contributed by atoms with Crippen LogP contribution in [0.4, 0.5) is 0 Å². The summed E-state index contributed by atoms with van der Waals surface area (Å²) < 4.78 is 13.0. The summed E-state index contributed by atoms with van der Waals surface area (Å²) in [5.74, 6) is 2.07. The lowest BCUT2D eigenvalue weighted by Crippen LogP contribution is -2.19. The number of allylic oxidation sites excluding steroid dienone is 1. The van der Waals surface area contributed by atoms with Crippen LogP contribution in [0.25, 0.3) is 10.1 Å². The smallest absolute Gasteiger partial charge is 0.205 e. The van der Waals surface area contributed by atoms with Gasteiger partial charge in [-0.15, -0.1) is 11.3 Å². The molecule has 3 aromatic carbocycles. The number of nitriles is 1. The second-order valence-corrected chi connectivity index (χ2v) is 7.79. The van der Waals surface area contributed by atoms with Gasteiger partial charge in [-0.05, 0) is 42.0 Å². The molecule has 1 atom stereocenters. The van der Waals surface area contributed by atoms with Crippen molar-refractivity contribution in [3.8, 4) is 23.3 Å². The molecule has 29 heavy (non-hydrogen) atoms. The second kappa shape index (κ2) is 7.01. The van der Waals surface area contributed by atoms with Crippen LogP contribution in [-0.2, 0) is 0 Å². The summed E-state index contributed by atoms with van der Waals surface area (Å²) in [6, 6.07) is 27.7. The Morgan fingerprint density at radius 3 is 2.52 bits per heavy atom. The number of hydrogen-bond donors (Lipinski definition) is 1. The van der Waals surface area contributed by atoms with Gasteiger partial charge in [-0.1, -0.05) is 42.5 Å². The molecular formula is C24H16N2O2S. The van der Waals surface area contributed by atoms with E-state index in [1.807, 2.05) is 72.8 Å². The molecule has 1 aromatic heterocycles. The molecule has 0 saturated carbocycles. The first-order valence-electron chi connectivity index (χ1n) is 9.16. The van der Waals surface area contributed by atoms with E-state index < -0.39 is 0 Å². The van der Waals surface area contributed by atoms with E-state index in [0.29, 0.717) is 11.3 Å². The predicted octanol–water partition coefficient (Wildman–Crippen LogP) is 5.91. The zero-order valence-electron chi connectivity index (χ0n) is 15.3. The molecular weight excluding hydrogens is 380 g/mol. The molecule has 0 unspecified atom stereocenters. The molecule has 0 bridgehead atoms. The topological polar surface area (TPSA) is 68.3 Å². The van der Waals surface area contributed by atoms with Crippen molar-refractivity contribution in [1.29, 1.82) is 5.26 Å². The van der Waals surface area contributed by atoms with E-state index in [-0.39, 0.29) is 11.8 Å². The van der Waals surface area contributed by atoms with Gasteiger partial charge in [-0.25, -0.2) is 0 Å². The molecule has 0 fully saturated rings. The van der Waals surface area contributed by atoms with Gasteiger partial charge < -0.3 is 15.2 Å². The number of benzene rings is 3. The minimum absolute atomic E-state index is 0.155. The Hall–Kier alpha value is -3.75. The highest BCUT2D eigenvalue weighted by Gasteiger charge is 2.33. The summed E-state index contributed by atoms with van der Waals surface area (Å²) in [5, 5.41) is 10.8. The number of hydrogen-bond acceptors (Lipinski definition) is 5. The highest BCUT2D eigenvalue weighted by atomic mass is 32.1. The van der Waals surface area contributed by atoms with Crippen LogP contribution >= 0.6 is 11.3 Å². The minimum Gasteiger partial charge on any atom is -0.457 e. The van der Waals surface area contributed by atoms with Crippen LogP contribution in [0, 0.1) is 11.3 Å². The molecule has 4 nitrogen and oxygen atoms in total. The highest BCUT2D eigenvalue weighted by Crippen LogP contribution is 2.50. The monoisotopic (exact) mass is 396 g/mol. The standard InChI is InChI=1S/C24H16N2O2S/c25-14-19-21(15-7-6-10-17(13-15)27-16-8-2-1-3-9-16)23-22(28-24(19)26)18-11-4-5-12-20(18)29-23/h1-13,21H,26H2/t21-/m1/s1. The van der Waals surface area contributed by atoms with Crippen molar-refractivity contribution in [1.82, 2.24) is 0 Å². The number of nitrogens with zero attached hydrogens (tertiary/aromatic N) is 1. The third-order valence-corrected chi connectivity index (χ3v) is 6.11. The SMILES string of the molecule is N#CC1=C(N)Oc2c(sc3ccccc23)[C@@H]1c1cccc(Oc2ccccc2)c1. The molecule has 1 aliphatic rings. The minimum atomic E-state index is -0.291. The molecule has 2 heterocycles. The largest absolute Gasteiger partial charge is 0.457 e. The highest BCUT2D eigenvalue weighted by molar-refractivity contribution is 7.19. The van der Waals surface area contributed by atoms with Crippen molar-refractivity contribution in [3.05, 3.63) is 101 Å². The number of fused-ring (bicyclic) bond motifs is 3. The van der Waals surface area contributed by atoms with E-state index >= 15 is 0 Å². The van der Waals surface area contributed by atoms with Crippen molar-refractivity contribution < 1.29 is 9.47 Å². The zero-order chi connectivity index (χ0) is 19.8. The van der Waals surface area contributed by atoms with Gasteiger partial charge in [-0.2, -0.15) is 5.26 Å². The van der Waals surface area contributed by atoms with Crippen LogP contribution < -0.4 is 15.2 Å². The summed E-state index contributed by atoms with van der Waals surface area (Å²) >= 11 is 1.63. The van der Waals surface area contributed by atoms with Gasteiger partial charge >= 0.3 is 0 Å². The molecule has 1 aliphatic heterocycles. The van der Waals surface area contributed by atoms with Crippen molar-refractivity contribution >= 4 is 21.4 Å². The maximum Gasteiger partial charge on any atom is 0.205 e. The van der Waals surface area contributed by atoms with E-state index in [4.69, 9.17) is 15.2 Å². The average molecular weight is 396 g/mol. The van der Waals surface area contributed by atoms with Crippen molar-refractivity contribution in [2.24, 2.45) is 5.73 Å². The molecule has 5 rings (SSSR count). The average Bonchev–Trinajstić information content (AvgIpc) is 3.12. The first-order chi connectivity index (χ1) is 14.2. The summed E-state index contributed by atoms with van der Waals surface area (Å²) in [4.78, 5) is 0.980. The summed E-state index contributed by atoms with van der Waals surface area (Å²) in [6.07, 6.45) is 0. The third-order valence-electron chi connectivity index (χ3n) is 4.89. The Morgan fingerprint density at radius 1 is 0.931 bits per heavy atom. The van der Waals surface area contributed by atoms with Gasteiger partial charge in [0, 0.05) is 10.1 Å². The van der Waals surface area contributed by atoms with Gasteiger partial charge in [0.05, 0.1) is 10.8 Å². The Balaban J connectivity index is 1.63. The summed E-state index contributed by atoms with van der Waals surface area (Å²) in [6.45, 7) is 0. The van der Waals surface area contributed by atoms with E-state index in [0.717, 1.165) is 32.0 Å². The lowest BCUT2D eigenvalue weighted by atomic mass is 9.88. The summed E-state index contributed by atoms with van der Waals surface area (Å²) in [7, 11) is 0. The fraction of sp³-hybridized carbons (Fsp3) is 0.0417. The fourth-order valence-corrected chi connectivity index (χ4v) is 4.86. The Kier molecular flexibility index (Phi) is 4.19. The number of thiophene rings is 1. The van der Waals surface area contributed by atoms with Gasteiger partial charge in [-0.3, -0.25) is 0 Å². The molecule has 2 N–H and O–H groups in total.